The fraction of sp³-hybridized carbons (Fsp3) is 0.652. The van der Waals surface area contributed by atoms with Gasteiger partial charge in [0, 0.05) is 32.2 Å². The number of carbonyl (C=O) groups is 1. The number of ether oxygens (including phenoxy) is 1. The molecule has 1 aromatic carbocycles. The summed E-state index contributed by atoms with van der Waals surface area (Å²) in [6.45, 7) is 11.3. The van der Waals surface area contributed by atoms with Crippen molar-refractivity contribution in [3.63, 3.8) is 0 Å². The number of imidazole rings is 1. The van der Waals surface area contributed by atoms with Crippen molar-refractivity contribution in [3.8, 4) is 0 Å². The average molecular weight is 497 g/mol. The molecular weight excluding hydrogens is 460 g/mol. The van der Waals surface area contributed by atoms with E-state index in [9.17, 15) is 13.2 Å². The number of thioether (sulfide) groups is 1. The average Bonchev–Trinajstić information content (AvgIpc) is 3.19. The van der Waals surface area contributed by atoms with Crippen LogP contribution in [0.2, 0.25) is 0 Å². The third-order valence-electron chi connectivity index (χ3n) is 6.13. The van der Waals surface area contributed by atoms with Crippen LogP contribution in [0.4, 0.5) is 0 Å². The molecule has 1 atom stereocenters. The molecule has 0 saturated carbocycles. The Bertz CT molecular complexity index is 1050. The number of aromatic nitrogens is 2. The highest BCUT2D eigenvalue weighted by Crippen LogP contribution is 2.28. The largest absolute Gasteiger partial charge is 0.379 e. The van der Waals surface area contributed by atoms with Gasteiger partial charge in [-0.2, -0.15) is 4.31 Å². The van der Waals surface area contributed by atoms with E-state index in [4.69, 9.17) is 9.72 Å². The minimum atomic E-state index is -3.59. The summed E-state index contributed by atoms with van der Waals surface area (Å²) in [5, 5.41) is 0.737. The lowest BCUT2D eigenvalue weighted by atomic mass is 10.2. The number of unbranched alkanes of at least 4 members (excludes halogenated alkanes) is 1. The number of sulfonamides is 1. The van der Waals surface area contributed by atoms with Crippen molar-refractivity contribution < 1.29 is 17.9 Å². The Morgan fingerprint density at radius 1 is 1.24 bits per heavy atom. The molecule has 0 N–H and O–H groups in total. The molecule has 1 aliphatic heterocycles. The molecule has 10 heteroatoms. The minimum Gasteiger partial charge on any atom is -0.379 e. The fourth-order valence-electron chi connectivity index (χ4n) is 3.95. The topological polar surface area (TPSA) is 84.7 Å². The Kier molecular flexibility index (Phi) is 9.20. The standard InChI is InChI=1S/C23H36N4O4S2/c1-5-8-11-27(18(4)6-2)22(28)17-32-23-24-20-16-19(9-10-21(20)26(23)7-3)33(29,30)25-12-14-31-15-13-25/h9-10,16,18H,5-8,11-15,17H2,1-4H3. The van der Waals surface area contributed by atoms with E-state index in [1.54, 1.807) is 12.1 Å². The van der Waals surface area contributed by atoms with Crippen molar-refractivity contribution in [1.29, 1.82) is 0 Å². The number of nitrogens with zero attached hydrogens (tertiary/aromatic N) is 4. The number of hydrogen-bond acceptors (Lipinski definition) is 6. The van der Waals surface area contributed by atoms with E-state index in [-0.39, 0.29) is 16.8 Å². The van der Waals surface area contributed by atoms with Gasteiger partial charge in [0.15, 0.2) is 5.16 Å². The molecule has 1 aromatic heterocycles. The van der Waals surface area contributed by atoms with Gasteiger partial charge in [-0.15, -0.1) is 0 Å². The molecule has 1 amide bonds. The first-order valence-corrected chi connectivity index (χ1v) is 14.3. The Labute approximate surface area is 201 Å². The molecule has 2 aromatic rings. The van der Waals surface area contributed by atoms with Crippen molar-refractivity contribution in [2.24, 2.45) is 0 Å². The van der Waals surface area contributed by atoms with E-state index in [2.05, 4.69) is 20.8 Å². The normalized spacial score (nSPS) is 16.2. The van der Waals surface area contributed by atoms with Crippen LogP contribution in [0, 0.1) is 0 Å². The quantitative estimate of drug-likeness (QED) is 0.442. The fourth-order valence-corrected chi connectivity index (χ4v) is 6.34. The number of fused-ring (bicyclic) bond motifs is 1. The second kappa shape index (κ2) is 11.7. The third-order valence-corrected chi connectivity index (χ3v) is 8.99. The van der Waals surface area contributed by atoms with Gasteiger partial charge in [-0.1, -0.05) is 32.0 Å². The van der Waals surface area contributed by atoms with Crippen LogP contribution in [0.5, 0.6) is 0 Å². The van der Waals surface area contributed by atoms with Gasteiger partial charge in [0.05, 0.1) is 34.9 Å². The van der Waals surface area contributed by atoms with Crippen LogP contribution in [0.15, 0.2) is 28.3 Å². The molecule has 184 valence electrons. The Hall–Kier alpha value is -1.62. The summed E-state index contributed by atoms with van der Waals surface area (Å²) in [6, 6.07) is 5.32. The van der Waals surface area contributed by atoms with Crippen molar-refractivity contribution in [2.75, 3.05) is 38.6 Å². The molecule has 3 rings (SSSR count). The van der Waals surface area contributed by atoms with Crippen LogP contribution >= 0.6 is 11.8 Å². The third kappa shape index (κ3) is 5.90. The zero-order valence-electron chi connectivity index (χ0n) is 20.1. The predicted octanol–water partition coefficient (Wildman–Crippen LogP) is 3.60. The lowest BCUT2D eigenvalue weighted by molar-refractivity contribution is -0.130. The van der Waals surface area contributed by atoms with Crippen molar-refractivity contribution in [2.45, 2.75) is 69.6 Å². The Morgan fingerprint density at radius 3 is 2.61 bits per heavy atom. The maximum Gasteiger partial charge on any atom is 0.243 e. The molecular formula is C23H36N4O4S2. The van der Waals surface area contributed by atoms with Crippen molar-refractivity contribution in [3.05, 3.63) is 18.2 Å². The first-order chi connectivity index (χ1) is 15.8. The number of rotatable bonds is 11. The molecule has 1 unspecified atom stereocenters. The second-order valence-electron chi connectivity index (χ2n) is 8.29. The van der Waals surface area contributed by atoms with Crippen molar-refractivity contribution >= 4 is 38.7 Å². The van der Waals surface area contributed by atoms with Crippen LogP contribution in [0.25, 0.3) is 11.0 Å². The predicted molar refractivity (Wildman–Crippen MR) is 132 cm³/mol. The zero-order valence-corrected chi connectivity index (χ0v) is 21.8. The summed E-state index contributed by atoms with van der Waals surface area (Å²) in [5.41, 5.74) is 1.50. The number of amides is 1. The molecule has 0 radical (unpaired) electrons. The summed E-state index contributed by atoms with van der Waals surface area (Å²) in [4.78, 5) is 19.9. The lowest BCUT2D eigenvalue weighted by Crippen LogP contribution is -2.40. The van der Waals surface area contributed by atoms with Gasteiger partial charge in [-0.3, -0.25) is 4.79 Å². The van der Waals surface area contributed by atoms with E-state index >= 15 is 0 Å². The van der Waals surface area contributed by atoms with Gasteiger partial charge in [0.2, 0.25) is 15.9 Å². The summed E-state index contributed by atoms with van der Waals surface area (Å²) in [7, 11) is -3.59. The van der Waals surface area contributed by atoms with Crippen LogP contribution in [-0.2, 0) is 26.1 Å². The monoisotopic (exact) mass is 496 g/mol. The van der Waals surface area contributed by atoms with E-state index in [0.29, 0.717) is 44.1 Å². The summed E-state index contributed by atoms with van der Waals surface area (Å²) in [6.07, 6.45) is 2.97. The summed E-state index contributed by atoms with van der Waals surface area (Å²) >= 11 is 1.42. The number of aryl methyl sites for hydroxylation is 1. The molecule has 0 bridgehead atoms. The Balaban J connectivity index is 1.81. The number of carbonyl (C=O) groups excluding carboxylic acids is 1. The van der Waals surface area contributed by atoms with E-state index < -0.39 is 10.0 Å². The van der Waals surface area contributed by atoms with Gasteiger partial charge >= 0.3 is 0 Å². The SMILES string of the molecule is CCCCN(C(=O)CSc1nc2cc(S(=O)(=O)N3CCOCC3)ccc2n1CC)C(C)CC. The lowest BCUT2D eigenvalue weighted by Gasteiger charge is -2.28. The Morgan fingerprint density at radius 2 is 1.97 bits per heavy atom. The van der Waals surface area contributed by atoms with Gasteiger partial charge in [-0.25, -0.2) is 13.4 Å². The van der Waals surface area contributed by atoms with Gasteiger partial charge < -0.3 is 14.2 Å². The molecule has 1 aliphatic rings. The maximum atomic E-state index is 13.0. The van der Waals surface area contributed by atoms with Crippen LogP contribution < -0.4 is 0 Å². The first-order valence-electron chi connectivity index (χ1n) is 11.8. The summed E-state index contributed by atoms with van der Waals surface area (Å²) < 4.78 is 34.9. The molecule has 0 aliphatic carbocycles. The van der Waals surface area contributed by atoms with Gasteiger partial charge in [0.25, 0.3) is 0 Å². The second-order valence-corrected chi connectivity index (χ2v) is 11.2. The molecule has 1 fully saturated rings. The zero-order chi connectivity index (χ0) is 24.0. The van der Waals surface area contributed by atoms with E-state index in [1.807, 2.05) is 22.5 Å². The highest BCUT2D eigenvalue weighted by molar-refractivity contribution is 7.99. The number of benzene rings is 1. The van der Waals surface area contributed by atoms with Gasteiger partial charge in [0.1, 0.15) is 0 Å². The molecule has 8 nitrogen and oxygen atoms in total. The van der Waals surface area contributed by atoms with Crippen LogP contribution in [0.3, 0.4) is 0 Å². The van der Waals surface area contributed by atoms with Gasteiger partial charge in [-0.05, 0) is 44.9 Å². The minimum absolute atomic E-state index is 0.119. The molecule has 33 heavy (non-hydrogen) atoms. The van der Waals surface area contributed by atoms with Crippen LogP contribution in [-0.4, -0.2) is 77.7 Å². The molecule has 2 heterocycles. The first kappa shape index (κ1) is 26.0. The summed E-state index contributed by atoms with van der Waals surface area (Å²) in [5.74, 6) is 0.434. The maximum absolute atomic E-state index is 13.0. The smallest absolute Gasteiger partial charge is 0.243 e. The molecule has 0 spiro atoms. The highest BCUT2D eigenvalue weighted by Gasteiger charge is 2.27. The number of morpholine rings is 1. The van der Waals surface area contributed by atoms with E-state index in [0.717, 1.165) is 36.5 Å². The number of hydrogen-bond donors (Lipinski definition) is 0. The van der Waals surface area contributed by atoms with Crippen molar-refractivity contribution in [1.82, 2.24) is 18.8 Å². The van der Waals surface area contributed by atoms with Crippen LogP contribution in [0.1, 0.15) is 47.0 Å². The highest BCUT2D eigenvalue weighted by atomic mass is 32.2. The molecule has 1 saturated heterocycles. The van der Waals surface area contributed by atoms with E-state index in [1.165, 1.54) is 16.1 Å².